The number of aryl methyl sites for hydroxylation is 1. The van der Waals surface area contributed by atoms with Crippen molar-refractivity contribution in [2.75, 3.05) is 5.32 Å². The number of anilines is 2. The van der Waals surface area contributed by atoms with Crippen LogP contribution in [-0.4, -0.2) is 37.2 Å². The zero-order chi connectivity index (χ0) is 21.0. The lowest BCUT2D eigenvalue weighted by Crippen LogP contribution is -2.20. The zero-order valence-corrected chi connectivity index (χ0v) is 18.7. The molecule has 2 aliphatic rings. The third-order valence-corrected chi connectivity index (χ3v) is 11.1. The number of carbonyl (C=O) groups is 1. The monoisotopic (exact) mass is 462 g/mol. The SMILES string of the molecule is Cn1nc(-c2ccc(Nc3cc(Cl)nnc3C(N)=O)s2)cc1P(=O)(C1CC1)C1CC1. The first-order valence-corrected chi connectivity index (χ1v) is 12.7. The number of hydrogen-bond acceptors (Lipinski definition) is 7. The molecule has 0 saturated heterocycles. The number of thiophene rings is 1. The van der Waals surface area contributed by atoms with Crippen LogP contribution in [0.1, 0.15) is 36.2 Å². The normalized spacial score (nSPS) is 16.6. The van der Waals surface area contributed by atoms with Crippen molar-refractivity contribution >= 4 is 52.1 Å². The molecule has 0 bridgehead atoms. The van der Waals surface area contributed by atoms with Gasteiger partial charge in [0.2, 0.25) is 0 Å². The van der Waals surface area contributed by atoms with Gasteiger partial charge in [0.25, 0.3) is 5.91 Å². The van der Waals surface area contributed by atoms with Crippen molar-refractivity contribution in [2.24, 2.45) is 12.8 Å². The Morgan fingerprint density at radius 2 is 1.93 bits per heavy atom. The van der Waals surface area contributed by atoms with Crippen molar-refractivity contribution in [1.29, 1.82) is 0 Å². The van der Waals surface area contributed by atoms with E-state index in [1.807, 2.05) is 25.2 Å². The highest BCUT2D eigenvalue weighted by molar-refractivity contribution is 7.73. The maximum absolute atomic E-state index is 13.8. The van der Waals surface area contributed by atoms with E-state index < -0.39 is 13.0 Å². The topological polar surface area (TPSA) is 116 Å². The van der Waals surface area contributed by atoms with Crippen molar-refractivity contribution in [1.82, 2.24) is 20.0 Å². The van der Waals surface area contributed by atoms with Crippen molar-refractivity contribution in [3.8, 4) is 10.6 Å². The van der Waals surface area contributed by atoms with Crippen LogP contribution in [0.3, 0.4) is 0 Å². The lowest BCUT2D eigenvalue weighted by molar-refractivity contribution is 0.0995. The summed E-state index contributed by atoms with van der Waals surface area (Å²) in [5, 5.41) is 16.2. The standard InChI is InChI=1S/C19H20ClN6O2PS/c1-26-17(29(28,10-2-3-10)11-4-5-11)9-12(25-26)14-6-7-16(30-14)22-13-8-15(20)23-24-18(13)19(21)27/h6-11H,2-5H2,1H3,(H2,21,27)(H,22,23). The number of primary amides is 1. The molecule has 0 atom stereocenters. The summed E-state index contributed by atoms with van der Waals surface area (Å²) in [6.07, 6.45) is 4.25. The minimum atomic E-state index is -2.39. The fraction of sp³-hybridized carbons (Fsp3) is 0.368. The molecule has 30 heavy (non-hydrogen) atoms. The van der Waals surface area contributed by atoms with Gasteiger partial charge in [-0.1, -0.05) is 11.6 Å². The number of nitrogens with two attached hydrogens (primary N) is 1. The number of nitrogens with zero attached hydrogens (tertiary/aromatic N) is 4. The number of hydrogen-bond donors (Lipinski definition) is 2. The molecular formula is C19H20ClN6O2PS. The van der Waals surface area contributed by atoms with E-state index in [1.54, 1.807) is 4.68 Å². The summed E-state index contributed by atoms with van der Waals surface area (Å²) >= 11 is 7.38. The maximum Gasteiger partial charge on any atom is 0.271 e. The molecule has 0 radical (unpaired) electrons. The number of carbonyl (C=O) groups excluding carboxylic acids is 1. The van der Waals surface area contributed by atoms with Crippen LogP contribution in [0.4, 0.5) is 10.7 Å². The summed E-state index contributed by atoms with van der Waals surface area (Å²) in [6.45, 7) is 0. The first-order valence-electron chi connectivity index (χ1n) is 9.70. The van der Waals surface area contributed by atoms with Crippen LogP contribution in [0.25, 0.3) is 10.6 Å². The molecule has 11 heteroatoms. The number of amides is 1. The van der Waals surface area contributed by atoms with Gasteiger partial charge in [-0.3, -0.25) is 9.48 Å². The minimum absolute atomic E-state index is 0.0178. The van der Waals surface area contributed by atoms with E-state index in [-0.39, 0.29) is 10.8 Å². The van der Waals surface area contributed by atoms with E-state index in [2.05, 4.69) is 20.6 Å². The average molecular weight is 463 g/mol. The Labute approximate surface area is 182 Å². The van der Waals surface area contributed by atoms with Crippen LogP contribution in [0.15, 0.2) is 24.3 Å². The Morgan fingerprint density at radius 3 is 2.57 bits per heavy atom. The van der Waals surface area contributed by atoms with Crippen molar-refractivity contribution < 1.29 is 9.36 Å². The number of aromatic nitrogens is 4. The molecule has 5 rings (SSSR count). The van der Waals surface area contributed by atoms with Gasteiger partial charge < -0.3 is 15.6 Å². The lowest BCUT2D eigenvalue weighted by atomic mass is 10.3. The van der Waals surface area contributed by atoms with Crippen molar-refractivity contribution in [2.45, 2.75) is 37.0 Å². The molecule has 3 N–H and O–H groups in total. The highest BCUT2D eigenvalue weighted by atomic mass is 35.5. The van der Waals surface area contributed by atoms with Gasteiger partial charge in [0, 0.05) is 24.4 Å². The van der Waals surface area contributed by atoms with E-state index in [4.69, 9.17) is 17.3 Å². The second kappa shape index (κ2) is 7.18. The van der Waals surface area contributed by atoms with E-state index >= 15 is 0 Å². The zero-order valence-electron chi connectivity index (χ0n) is 16.2. The Hall–Kier alpha value is -2.22. The van der Waals surface area contributed by atoms with Crippen molar-refractivity contribution in [3.63, 3.8) is 0 Å². The fourth-order valence-corrected chi connectivity index (χ4v) is 8.83. The third kappa shape index (κ3) is 3.45. The molecule has 2 aliphatic carbocycles. The molecule has 2 fully saturated rings. The smallest absolute Gasteiger partial charge is 0.271 e. The number of rotatable bonds is 7. The molecule has 0 aromatic carbocycles. The highest BCUT2D eigenvalue weighted by Gasteiger charge is 2.53. The average Bonchev–Trinajstić information content (AvgIpc) is 3.62. The summed E-state index contributed by atoms with van der Waals surface area (Å²) in [6, 6.07) is 7.33. The van der Waals surface area contributed by atoms with E-state index in [1.165, 1.54) is 17.4 Å². The summed E-state index contributed by atoms with van der Waals surface area (Å²) in [5.41, 5.74) is 8.15. The summed E-state index contributed by atoms with van der Waals surface area (Å²) in [4.78, 5) is 12.5. The quantitative estimate of drug-likeness (QED) is 0.516. The molecule has 2 saturated carbocycles. The molecule has 0 aliphatic heterocycles. The van der Waals surface area contributed by atoms with Gasteiger partial charge in [0.15, 0.2) is 10.8 Å². The molecule has 8 nitrogen and oxygen atoms in total. The predicted octanol–water partition coefficient (Wildman–Crippen LogP) is 3.75. The molecule has 3 heterocycles. The largest absolute Gasteiger partial charge is 0.364 e. The Bertz CT molecular complexity index is 1180. The molecule has 3 aromatic rings. The summed E-state index contributed by atoms with van der Waals surface area (Å²) in [7, 11) is -0.512. The highest BCUT2D eigenvalue weighted by Crippen LogP contribution is 2.69. The van der Waals surface area contributed by atoms with Gasteiger partial charge in [-0.2, -0.15) is 5.10 Å². The van der Waals surface area contributed by atoms with Crippen LogP contribution in [-0.2, 0) is 11.6 Å². The van der Waals surface area contributed by atoms with Crippen LogP contribution in [0, 0.1) is 0 Å². The summed E-state index contributed by atoms with van der Waals surface area (Å²) in [5.74, 6) is -0.691. The van der Waals surface area contributed by atoms with Crippen LogP contribution in [0.2, 0.25) is 5.15 Å². The van der Waals surface area contributed by atoms with E-state index in [9.17, 15) is 9.36 Å². The Morgan fingerprint density at radius 1 is 1.23 bits per heavy atom. The van der Waals surface area contributed by atoms with Crippen LogP contribution in [0.5, 0.6) is 0 Å². The Balaban J connectivity index is 1.44. The molecule has 0 unspecified atom stereocenters. The van der Waals surface area contributed by atoms with Gasteiger partial charge >= 0.3 is 0 Å². The van der Waals surface area contributed by atoms with Crippen LogP contribution >= 0.6 is 30.1 Å². The third-order valence-electron chi connectivity index (χ3n) is 5.51. The first-order chi connectivity index (χ1) is 14.4. The van der Waals surface area contributed by atoms with E-state index in [0.29, 0.717) is 17.0 Å². The number of halogens is 1. The van der Waals surface area contributed by atoms with Gasteiger partial charge in [-0.05, 0) is 43.9 Å². The fourth-order valence-electron chi connectivity index (χ4n) is 3.81. The summed E-state index contributed by atoms with van der Waals surface area (Å²) < 4.78 is 15.6. The van der Waals surface area contributed by atoms with Crippen LogP contribution < -0.4 is 16.5 Å². The molecule has 1 amide bonds. The molecule has 3 aromatic heterocycles. The van der Waals surface area contributed by atoms with Gasteiger partial charge in [0.1, 0.15) is 12.8 Å². The number of nitrogens with one attached hydrogen (secondary N) is 1. The van der Waals surface area contributed by atoms with Gasteiger partial charge in [-0.25, -0.2) is 0 Å². The first kappa shape index (κ1) is 19.7. The Kier molecular flexibility index (Phi) is 4.72. The van der Waals surface area contributed by atoms with Crippen molar-refractivity contribution in [3.05, 3.63) is 35.1 Å². The van der Waals surface area contributed by atoms with E-state index in [0.717, 1.165) is 46.7 Å². The second-order valence-electron chi connectivity index (χ2n) is 7.77. The maximum atomic E-state index is 13.8. The molecule has 156 valence electrons. The lowest BCUT2D eigenvalue weighted by Gasteiger charge is -2.17. The molecular weight excluding hydrogens is 443 g/mol. The minimum Gasteiger partial charge on any atom is -0.364 e. The predicted molar refractivity (Wildman–Crippen MR) is 119 cm³/mol. The second-order valence-corrected chi connectivity index (χ2v) is 12.6. The van der Waals surface area contributed by atoms with Gasteiger partial charge in [-0.15, -0.1) is 21.5 Å². The molecule has 0 spiro atoms. The van der Waals surface area contributed by atoms with Gasteiger partial charge in [0.05, 0.1) is 21.0 Å².